The SMILES string of the molecule is CCCCCCCCCOC(=O)C(C)Oc1ccc(Cl)cc1Cl. The normalized spacial score (nSPS) is 12.0. The van der Waals surface area contributed by atoms with Gasteiger partial charge in [-0.3, -0.25) is 0 Å². The maximum absolute atomic E-state index is 11.9. The third-order valence-corrected chi connectivity index (χ3v) is 4.05. The quantitative estimate of drug-likeness (QED) is 0.355. The third kappa shape index (κ3) is 8.47. The maximum Gasteiger partial charge on any atom is 0.347 e. The van der Waals surface area contributed by atoms with E-state index in [1.165, 1.54) is 32.1 Å². The van der Waals surface area contributed by atoms with Crippen LogP contribution in [-0.2, 0) is 9.53 Å². The van der Waals surface area contributed by atoms with Crippen LogP contribution in [0.1, 0.15) is 58.8 Å². The first-order valence-corrected chi connectivity index (χ1v) is 9.08. The lowest BCUT2D eigenvalue weighted by atomic mass is 10.1. The van der Waals surface area contributed by atoms with Crippen LogP contribution in [0.25, 0.3) is 0 Å². The summed E-state index contributed by atoms with van der Waals surface area (Å²) < 4.78 is 10.8. The predicted octanol–water partition coefficient (Wildman–Crippen LogP) is 6.05. The molecule has 0 aliphatic heterocycles. The molecule has 3 nitrogen and oxygen atoms in total. The molecular weight excluding hydrogens is 335 g/mol. The largest absolute Gasteiger partial charge is 0.477 e. The summed E-state index contributed by atoms with van der Waals surface area (Å²) in [5, 5.41) is 0.903. The first kappa shape index (κ1) is 20.1. The molecule has 130 valence electrons. The Morgan fingerprint density at radius 1 is 1.09 bits per heavy atom. The summed E-state index contributed by atoms with van der Waals surface area (Å²) in [7, 11) is 0. The van der Waals surface area contributed by atoms with Gasteiger partial charge in [-0.15, -0.1) is 0 Å². The van der Waals surface area contributed by atoms with Gasteiger partial charge in [-0.25, -0.2) is 4.79 Å². The minimum Gasteiger partial charge on any atom is -0.477 e. The van der Waals surface area contributed by atoms with E-state index >= 15 is 0 Å². The van der Waals surface area contributed by atoms with E-state index < -0.39 is 6.10 Å². The van der Waals surface area contributed by atoms with Crippen molar-refractivity contribution in [3.8, 4) is 5.75 Å². The van der Waals surface area contributed by atoms with Gasteiger partial charge in [-0.1, -0.05) is 68.7 Å². The number of carbonyl (C=O) groups excluding carboxylic acids is 1. The van der Waals surface area contributed by atoms with Gasteiger partial charge in [0.05, 0.1) is 11.6 Å². The molecule has 0 amide bonds. The Kier molecular flexibility index (Phi) is 10.1. The highest BCUT2D eigenvalue weighted by molar-refractivity contribution is 6.35. The summed E-state index contributed by atoms with van der Waals surface area (Å²) in [6.07, 6.45) is 7.60. The monoisotopic (exact) mass is 360 g/mol. The summed E-state index contributed by atoms with van der Waals surface area (Å²) >= 11 is 11.8. The van der Waals surface area contributed by atoms with Crippen molar-refractivity contribution in [1.82, 2.24) is 0 Å². The van der Waals surface area contributed by atoms with E-state index in [4.69, 9.17) is 32.7 Å². The zero-order valence-corrected chi connectivity index (χ0v) is 15.5. The van der Waals surface area contributed by atoms with Crippen LogP contribution in [0.3, 0.4) is 0 Å². The van der Waals surface area contributed by atoms with Crippen LogP contribution >= 0.6 is 23.2 Å². The Bertz CT molecular complexity index is 477. The molecule has 1 aromatic rings. The number of carbonyl (C=O) groups is 1. The summed E-state index contributed by atoms with van der Waals surface area (Å²) in [4.78, 5) is 11.9. The summed E-state index contributed by atoms with van der Waals surface area (Å²) in [6, 6.07) is 4.89. The van der Waals surface area contributed by atoms with Gasteiger partial charge in [0.1, 0.15) is 5.75 Å². The summed E-state index contributed by atoms with van der Waals surface area (Å²) in [6.45, 7) is 4.30. The molecule has 0 N–H and O–H groups in total. The first-order valence-electron chi connectivity index (χ1n) is 8.33. The molecule has 1 rings (SSSR count). The van der Waals surface area contributed by atoms with E-state index in [1.807, 2.05) is 0 Å². The summed E-state index contributed by atoms with van der Waals surface area (Å²) in [5.41, 5.74) is 0. The molecule has 0 fully saturated rings. The van der Waals surface area contributed by atoms with Crippen molar-refractivity contribution < 1.29 is 14.3 Å². The zero-order valence-electron chi connectivity index (χ0n) is 13.9. The number of hydrogen-bond donors (Lipinski definition) is 0. The van der Waals surface area contributed by atoms with Crippen molar-refractivity contribution in [3.05, 3.63) is 28.2 Å². The lowest BCUT2D eigenvalue weighted by Gasteiger charge is -2.15. The molecule has 0 radical (unpaired) electrons. The lowest BCUT2D eigenvalue weighted by molar-refractivity contribution is -0.151. The fourth-order valence-electron chi connectivity index (χ4n) is 2.16. The standard InChI is InChI=1S/C18H26Cl2O3/c1-3-4-5-6-7-8-9-12-22-18(21)14(2)23-17-11-10-15(19)13-16(17)20/h10-11,13-14H,3-9,12H2,1-2H3. The van der Waals surface area contributed by atoms with Crippen LogP contribution in [-0.4, -0.2) is 18.7 Å². The molecule has 0 aliphatic carbocycles. The Morgan fingerprint density at radius 2 is 1.74 bits per heavy atom. The average Bonchev–Trinajstić information content (AvgIpc) is 2.52. The van der Waals surface area contributed by atoms with Gasteiger partial charge in [0, 0.05) is 5.02 Å². The van der Waals surface area contributed by atoms with E-state index in [2.05, 4.69) is 6.92 Å². The summed E-state index contributed by atoms with van der Waals surface area (Å²) in [5.74, 6) is 0.0541. The zero-order chi connectivity index (χ0) is 17.1. The van der Waals surface area contributed by atoms with E-state index in [0.29, 0.717) is 22.4 Å². The molecule has 0 aliphatic rings. The number of unbranched alkanes of at least 4 members (excludes halogenated alkanes) is 6. The molecule has 23 heavy (non-hydrogen) atoms. The number of halogens is 2. The topological polar surface area (TPSA) is 35.5 Å². The van der Waals surface area contributed by atoms with Crippen LogP contribution < -0.4 is 4.74 Å². The Balaban J connectivity index is 2.19. The van der Waals surface area contributed by atoms with E-state index in [-0.39, 0.29) is 5.97 Å². The van der Waals surface area contributed by atoms with Crippen molar-refractivity contribution in [3.63, 3.8) is 0 Å². The Labute approximate surface area is 149 Å². The number of benzene rings is 1. The molecule has 0 bridgehead atoms. The maximum atomic E-state index is 11.9. The minimum absolute atomic E-state index is 0.373. The van der Waals surface area contributed by atoms with Crippen LogP contribution in [0.2, 0.25) is 10.0 Å². The number of hydrogen-bond acceptors (Lipinski definition) is 3. The van der Waals surface area contributed by atoms with Crippen LogP contribution in [0, 0.1) is 0 Å². The van der Waals surface area contributed by atoms with Gasteiger partial charge < -0.3 is 9.47 Å². The van der Waals surface area contributed by atoms with Gasteiger partial charge >= 0.3 is 5.97 Å². The van der Waals surface area contributed by atoms with Crippen LogP contribution in [0.15, 0.2) is 18.2 Å². The lowest BCUT2D eigenvalue weighted by Crippen LogP contribution is -2.26. The molecule has 0 saturated carbocycles. The number of esters is 1. The smallest absolute Gasteiger partial charge is 0.347 e. The molecular formula is C18H26Cl2O3. The van der Waals surface area contributed by atoms with Crippen molar-refractivity contribution in [2.75, 3.05) is 6.61 Å². The van der Waals surface area contributed by atoms with Gasteiger partial charge in [0.25, 0.3) is 0 Å². The van der Waals surface area contributed by atoms with Crippen LogP contribution in [0.4, 0.5) is 0 Å². The molecule has 1 aromatic carbocycles. The fraction of sp³-hybridized carbons (Fsp3) is 0.611. The average molecular weight is 361 g/mol. The van der Waals surface area contributed by atoms with Crippen molar-refractivity contribution in [2.24, 2.45) is 0 Å². The second kappa shape index (κ2) is 11.6. The molecule has 0 aromatic heterocycles. The number of rotatable bonds is 11. The van der Waals surface area contributed by atoms with Crippen molar-refractivity contribution in [2.45, 2.75) is 64.9 Å². The second-order valence-corrected chi connectivity index (χ2v) is 6.47. The van der Waals surface area contributed by atoms with E-state index in [0.717, 1.165) is 12.8 Å². The Morgan fingerprint density at radius 3 is 2.39 bits per heavy atom. The fourth-order valence-corrected chi connectivity index (χ4v) is 2.61. The van der Waals surface area contributed by atoms with Gasteiger partial charge in [0.15, 0.2) is 6.10 Å². The first-order chi connectivity index (χ1) is 11.0. The molecule has 0 saturated heterocycles. The molecule has 0 spiro atoms. The number of ether oxygens (including phenoxy) is 2. The highest BCUT2D eigenvalue weighted by Crippen LogP contribution is 2.28. The highest BCUT2D eigenvalue weighted by Gasteiger charge is 2.17. The van der Waals surface area contributed by atoms with Gasteiger partial charge in [-0.05, 0) is 31.5 Å². The molecule has 0 heterocycles. The molecule has 1 atom stereocenters. The highest BCUT2D eigenvalue weighted by atomic mass is 35.5. The van der Waals surface area contributed by atoms with Crippen molar-refractivity contribution in [1.29, 1.82) is 0 Å². The molecule has 5 heteroatoms. The van der Waals surface area contributed by atoms with Crippen molar-refractivity contribution >= 4 is 29.2 Å². The second-order valence-electron chi connectivity index (χ2n) is 5.62. The third-order valence-electron chi connectivity index (χ3n) is 3.52. The predicted molar refractivity (Wildman–Crippen MR) is 95.5 cm³/mol. The van der Waals surface area contributed by atoms with Crippen LogP contribution in [0.5, 0.6) is 5.75 Å². The van der Waals surface area contributed by atoms with Gasteiger partial charge in [0.2, 0.25) is 0 Å². The molecule has 1 unspecified atom stereocenters. The van der Waals surface area contributed by atoms with E-state index in [9.17, 15) is 4.79 Å². The van der Waals surface area contributed by atoms with Gasteiger partial charge in [-0.2, -0.15) is 0 Å². The van der Waals surface area contributed by atoms with E-state index in [1.54, 1.807) is 25.1 Å². The minimum atomic E-state index is -0.696. The Hall–Kier alpha value is -0.930.